The highest BCUT2D eigenvalue weighted by Crippen LogP contribution is 2.52. The van der Waals surface area contributed by atoms with E-state index in [0.29, 0.717) is 59.4 Å². The molecule has 6 N–H and O–H groups in total. The average molecular weight is 1020 g/mol. The highest BCUT2D eigenvalue weighted by atomic mass is 32.1. The Balaban J connectivity index is 0.706. The van der Waals surface area contributed by atoms with Crippen molar-refractivity contribution in [1.29, 1.82) is 0 Å². The summed E-state index contributed by atoms with van der Waals surface area (Å²) < 4.78 is 60.6. The molecule has 3 aromatic carbocycles. The smallest absolute Gasteiger partial charge is 0.395 e. The van der Waals surface area contributed by atoms with Gasteiger partial charge in [-0.2, -0.15) is 0 Å². The van der Waals surface area contributed by atoms with Gasteiger partial charge >= 0.3 is 6.29 Å². The van der Waals surface area contributed by atoms with E-state index in [9.17, 15) is 28.6 Å². The highest BCUT2D eigenvalue weighted by molar-refractivity contribution is 7.21. The van der Waals surface area contributed by atoms with Crippen LogP contribution in [0.3, 0.4) is 0 Å². The number of benzene rings is 3. The molecule has 0 unspecified atom stereocenters. The summed E-state index contributed by atoms with van der Waals surface area (Å²) in [5, 5.41) is 35.4. The van der Waals surface area contributed by atoms with Crippen molar-refractivity contribution < 1.29 is 47.2 Å². The van der Waals surface area contributed by atoms with Crippen molar-refractivity contribution in [3.63, 3.8) is 0 Å². The quantitative estimate of drug-likeness (QED) is 0.0457. The van der Waals surface area contributed by atoms with E-state index in [2.05, 4.69) is 53.8 Å². The number of carbonyl (C=O) groups excluding carboxylic acids is 2. The van der Waals surface area contributed by atoms with Crippen LogP contribution >= 0.6 is 11.3 Å². The van der Waals surface area contributed by atoms with Gasteiger partial charge in [-0.3, -0.25) is 9.59 Å². The Morgan fingerprint density at radius 2 is 1.78 bits per heavy atom. The van der Waals surface area contributed by atoms with Crippen LogP contribution in [0.2, 0.25) is 0 Å². The van der Waals surface area contributed by atoms with Gasteiger partial charge in [0.2, 0.25) is 5.91 Å². The van der Waals surface area contributed by atoms with E-state index in [-0.39, 0.29) is 42.3 Å². The molecule has 2 bridgehead atoms. The van der Waals surface area contributed by atoms with Crippen molar-refractivity contribution in [2.24, 2.45) is 0 Å². The normalized spacial score (nSPS) is 20.8. The lowest BCUT2D eigenvalue weighted by Crippen LogP contribution is -2.51. The fraction of sp³-hybridized carbons (Fsp3) is 0.473. The maximum Gasteiger partial charge on any atom is 0.586 e. The molecule has 3 fully saturated rings. The summed E-state index contributed by atoms with van der Waals surface area (Å²) in [4.78, 5) is 36.6. The summed E-state index contributed by atoms with van der Waals surface area (Å²) in [5.74, 6) is -1.58. The molecule has 3 aromatic heterocycles. The van der Waals surface area contributed by atoms with Crippen molar-refractivity contribution in [2.45, 2.75) is 126 Å². The Kier molecular flexibility index (Phi) is 13.1. The van der Waals surface area contributed by atoms with Crippen LogP contribution < -0.4 is 35.6 Å². The summed E-state index contributed by atoms with van der Waals surface area (Å²) >= 11 is 1.41. The largest absolute Gasteiger partial charge is 0.586 e. The Bertz CT molecular complexity index is 3090. The lowest BCUT2D eigenvalue weighted by Gasteiger charge is -2.35. The second-order valence-corrected chi connectivity index (χ2v) is 22.3. The monoisotopic (exact) mass is 1020 g/mol. The summed E-state index contributed by atoms with van der Waals surface area (Å²) in [7, 11) is 0. The fourth-order valence-electron chi connectivity index (χ4n) is 11.3. The van der Waals surface area contributed by atoms with Gasteiger partial charge in [0.1, 0.15) is 15.5 Å². The van der Waals surface area contributed by atoms with Crippen LogP contribution in [0.1, 0.15) is 96.5 Å². The number of aryl methyl sites for hydroxylation is 2. The van der Waals surface area contributed by atoms with E-state index in [1.165, 1.54) is 65.3 Å². The van der Waals surface area contributed by atoms with Crippen molar-refractivity contribution in [3.8, 4) is 11.5 Å². The summed E-state index contributed by atoms with van der Waals surface area (Å²) in [5.41, 5.74) is 5.58. The number of anilines is 3. The number of hydrogen-bond donors (Lipinski definition) is 6. The van der Waals surface area contributed by atoms with Gasteiger partial charge in [0.05, 0.1) is 48.2 Å². The fourth-order valence-corrected chi connectivity index (χ4v) is 12.4. The predicted molar refractivity (Wildman–Crippen MR) is 275 cm³/mol. The number of aliphatic hydroxyl groups excluding tert-OH is 2. The number of hydrogen-bond acceptors (Lipinski definition) is 12. The van der Waals surface area contributed by atoms with Crippen LogP contribution in [0.4, 0.5) is 30.2 Å². The number of rotatable bonds is 18. The molecule has 2 amide bonds. The number of carbonyl (C=O) groups is 2. The van der Waals surface area contributed by atoms with E-state index < -0.39 is 41.6 Å². The summed E-state index contributed by atoms with van der Waals surface area (Å²) in [6, 6.07) is 21.0. The molecular weight excluding hydrogens is 960 g/mol. The van der Waals surface area contributed by atoms with Crippen LogP contribution in [-0.4, -0.2) is 102 Å². The topological polar surface area (TPSA) is 171 Å². The molecule has 11 rings (SSSR count). The van der Waals surface area contributed by atoms with Crippen molar-refractivity contribution in [3.05, 3.63) is 106 Å². The number of unbranched alkanes of at least 4 members (excludes halogenated alkanes) is 1. The van der Waals surface area contributed by atoms with Gasteiger partial charge in [0.15, 0.2) is 11.5 Å². The molecule has 2 aliphatic carbocycles. The van der Waals surface area contributed by atoms with Crippen LogP contribution in [-0.2, 0) is 39.7 Å². The zero-order valence-electron chi connectivity index (χ0n) is 41.3. The molecule has 73 heavy (non-hydrogen) atoms. The van der Waals surface area contributed by atoms with Gasteiger partial charge in [0, 0.05) is 83.7 Å². The third-order valence-corrected chi connectivity index (χ3v) is 16.5. The number of aliphatic hydroxyl groups is 2. The zero-order chi connectivity index (χ0) is 50.8. The third-order valence-electron chi connectivity index (χ3n) is 15.4. The van der Waals surface area contributed by atoms with Gasteiger partial charge in [0.25, 0.3) is 5.91 Å². The second kappa shape index (κ2) is 19.4. The number of ether oxygens (including phenoxy) is 3. The van der Waals surface area contributed by atoms with Gasteiger partial charge in [-0.05, 0) is 130 Å². The number of pyridine rings is 1. The van der Waals surface area contributed by atoms with E-state index in [0.717, 1.165) is 72.5 Å². The molecule has 386 valence electrons. The van der Waals surface area contributed by atoms with E-state index in [4.69, 9.17) is 9.72 Å². The van der Waals surface area contributed by atoms with Crippen molar-refractivity contribution in [2.75, 3.05) is 55.0 Å². The van der Waals surface area contributed by atoms with Gasteiger partial charge in [-0.25, -0.2) is 9.37 Å². The molecule has 0 spiro atoms. The molecule has 1 saturated carbocycles. The zero-order valence-corrected chi connectivity index (χ0v) is 42.1. The highest BCUT2D eigenvalue weighted by Gasteiger charge is 2.53. The molecule has 6 heterocycles. The molecular formula is C55H62F3N7O7S. The first-order valence-corrected chi connectivity index (χ1v) is 26.4. The first kappa shape index (κ1) is 49.3. The molecule has 0 radical (unpaired) electrons. The molecule has 14 nitrogen and oxygen atoms in total. The maximum absolute atomic E-state index is 16.0. The van der Waals surface area contributed by atoms with Crippen molar-refractivity contribution >= 4 is 61.3 Å². The molecule has 6 aromatic rings. The molecule has 18 heteroatoms. The van der Waals surface area contributed by atoms with Crippen LogP contribution in [0, 0.1) is 12.7 Å². The van der Waals surface area contributed by atoms with Gasteiger partial charge in [-0.1, -0.05) is 26.0 Å². The standard InChI is InChI=1S/C55H62F3N7O7S/c1-31-6-14-41-48(49(73-51(41)60-31)50(68)62-36-10-7-33-21-39(13-8-32(33)20-36)64-26-37-11-12-38(27-64)61-37)59-18-4-5-19-70-30-53(2,3)47-23-34-22-43(42(56)25-44(34)65(47)28-40(67)29-66)63-52(69)54(16-17-54)35-9-15-45-46(24-35)72-55(57,58)71-45/h6,8-9,13-15,21-25,36-38,40,59,61,66-67H,4-5,7,10-12,16-20,26-30H2,1-3H3,(H,62,68)(H,63,69)/t36-,37-,38+,40+/m0/s1. The minimum Gasteiger partial charge on any atom is -0.395 e. The SMILES string of the molecule is Cc1ccc2c(NCCCCOCC(C)(C)c3cc4cc(NC(=O)C5(c6ccc7c(c6)OC(F)(F)O7)CC5)c(F)cc4n3C[C@@H](O)CO)c(C(=O)N[C@H]3CCc4cc(N5C[C@H]6CC[C@@H](C5)N6)ccc4C3)sc2n1. The first-order chi connectivity index (χ1) is 35.0. The van der Waals surface area contributed by atoms with E-state index in [1.54, 1.807) is 10.6 Å². The Morgan fingerprint density at radius 1 is 0.986 bits per heavy atom. The van der Waals surface area contributed by atoms with E-state index in [1.807, 2.05) is 39.0 Å². The number of nitrogens with zero attached hydrogens (tertiary/aromatic N) is 3. The number of aromatic nitrogens is 2. The lowest BCUT2D eigenvalue weighted by atomic mass is 9.87. The number of alkyl halides is 2. The number of fused-ring (bicyclic) bond motifs is 6. The molecule has 2 saturated heterocycles. The third kappa shape index (κ3) is 9.96. The predicted octanol–water partition coefficient (Wildman–Crippen LogP) is 8.46. The first-order valence-electron chi connectivity index (χ1n) is 25.5. The second-order valence-electron chi connectivity index (χ2n) is 21.3. The van der Waals surface area contributed by atoms with Crippen LogP contribution in [0.15, 0.2) is 66.7 Å². The number of piperazine rings is 1. The van der Waals surface area contributed by atoms with Gasteiger partial charge < -0.3 is 55.2 Å². The van der Waals surface area contributed by atoms with Gasteiger partial charge in [-0.15, -0.1) is 20.1 Å². The maximum atomic E-state index is 16.0. The summed E-state index contributed by atoms with van der Waals surface area (Å²) in [6.07, 6.45) is 2.53. The minimum absolute atomic E-state index is 0.0124. The average Bonchev–Trinajstić information content (AvgIpc) is 3.67. The molecule has 4 atom stereocenters. The van der Waals surface area contributed by atoms with Crippen LogP contribution in [0.5, 0.6) is 11.5 Å². The Hall–Kier alpha value is -5.92. The molecule has 5 aliphatic rings. The van der Waals surface area contributed by atoms with E-state index >= 15 is 4.39 Å². The molecule has 3 aliphatic heterocycles. The summed E-state index contributed by atoms with van der Waals surface area (Å²) in [6.45, 7) is 8.87. The number of amides is 2. The number of nitrogens with one attached hydrogen (secondary N) is 4. The number of halogens is 3. The van der Waals surface area contributed by atoms with Crippen LogP contribution in [0.25, 0.3) is 21.1 Å². The Morgan fingerprint density at radius 3 is 2.56 bits per heavy atom. The van der Waals surface area contributed by atoms with Crippen molar-refractivity contribution in [1.82, 2.24) is 20.2 Å². The number of thiophene rings is 1. The lowest BCUT2D eigenvalue weighted by molar-refractivity contribution is -0.286. The minimum atomic E-state index is -3.80. The Labute approximate surface area is 425 Å².